The first-order chi connectivity index (χ1) is 13.0. The van der Waals surface area contributed by atoms with Gasteiger partial charge < -0.3 is 24.9 Å². The summed E-state index contributed by atoms with van der Waals surface area (Å²) < 4.78 is 0. The van der Waals surface area contributed by atoms with Crippen LogP contribution in [0.25, 0.3) is 10.9 Å². The number of carbonyl (C=O) groups excluding carboxylic acids is 1. The number of benzene rings is 1. The summed E-state index contributed by atoms with van der Waals surface area (Å²) in [6, 6.07) is 14.1. The summed E-state index contributed by atoms with van der Waals surface area (Å²) in [6.45, 7) is 4.71. The normalized spacial score (nSPS) is 12.2. The number of hydrogen-bond acceptors (Lipinski definition) is 5. The molecule has 6 nitrogen and oxygen atoms in total. The van der Waals surface area contributed by atoms with Crippen molar-refractivity contribution in [3.8, 4) is 0 Å². The smallest absolute Gasteiger partial charge is 0.152 e. The molecular formula is C21H27N5O. The van der Waals surface area contributed by atoms with Crippen molar-refractivity contribution in [2.45, 2.75) is 25.9 Å². The van der Waals surface area contributed by atoms with Gasteiger partial charge in [-0.25, -0.2) is 4.98 Å². The summed E-state index contributed by atoms with van der Waals surface area (Å²) in [7, 11) is 3.90. The Kier molecular flexibility index (Phi) is 5.64. The molecule has 0 saturated heterocycles. The molecular weight excluding hydrogens is 338 g/mol. The molecule has 6 heteroatoms. The average Bonchev–Trinajstić information content (AvgIpc) is 3.10. The van der Waals surface area contributed by atoms with Gasteiger partial charge in [0.2, 0.25) is 0 Å². The molecule has 1 aromatic carbocycles. The third-order valence-corrected chi connectivity index (χ3v) is 4.61. The van der Waals surface area contributed by atoms with Crippen molar-refractivity contribution in [3.63, 3.8) is 0 Å². The molecule has 0 saturated carbocycles. The molecule has 0 bridgehead atoms. The summed E-state index contributed by atoms with van der Waals surface area (Å²) in [5.41, 5.74) is 2.01. The molecule has 0 aliphatic carbocycles. The number of likely N-dealkylation sites (N-methyl/N-ethyl adjacent to an activating group) is 2. The van der Waals surface area contributed by atoms with Gasteiger partial charge in [-0.2, -0.15) is 0 Å². The van der Waals surface area contributed by atoms with E-state index in [1.54, 1.807) is 6.20 Å². The number of aromatic nitrogens is 2. The minimum Gasteiger partial charge on any atom is -0.380 e. The van der Waals surface area contributed by atoms with Crippen molar-refractivity contribution in [3.05, 3.63) is 48.7 Å². The molecule has 0 fully saturated rings. The Bertz CT molecular complexity index is 871. The second-order valence-electron chi connectivity index (χ2n) is 7.11. The quantitative estimate of drug-likeness (QED) is 0.598. The lowest BCUT2D eigenvalue weighted by Crippen LogP contribution is -2.43. The summed E-state index contributed by atoms with van der Waals surface area (Å²) in [6.07, 6.45) is 2.73. The number of hydrogen-bond donors (Lipinski definition) is 2. The molecule has 1 unspecified atom stereocenters. The van der Waals surface area contributed by atoms with Crippen LogP contribution in [0.2, 0.25) is 0 Å². The number of pyridine rings is 1. The fourth-order valence-corrected chi connectivity index (χ4v) is 3.16. The van der Waals surface area contributed by atoms with E-state index in [1.807, 2.05) is 49.3 Å². The maximum Gasteiger partial charge on any atom is 0.152 e. The number of H-pyrrole nitrogens is 1. The number of anilines is 3. The summed E-state index contributed by atoms with van der Waals surface area (Å²) in [5, 5.41) is 4.55. The van der Waals surface area contributed by atoms with Gasteiger partial charge in [0.15, 0.2) is 5.82 Å². The van der Waals surface area contributed by atoms with Gasteiger partial charge in [-0.15, -0.1) is 0 Å². The van der Waals surface area contributed by atoms with Crippen molar-refractivity contribution >= 4 is 34.5 Å². The highest BCUT2D eigenvalue weighted by Gasteiger charge is 2.21. The lowest BCUT2D eigenvalue weighted by Gasteiger charge is -2.30. The van der Waals surface area contributed by atoms with Gasteiger partial charge >= 0.3 is 0 Å². The van der Waals surface area contributed by atoms with Crippen LogP contribution >= 0.6 is 0 Å². The van der Waals surface area contributed by atoms with Gasteiger partial charge in [0, 0.05) is 43.8 Å². The summed E-state index contributed by atoms with van der Waals surface area (Å²) in [4.78, 5) is 23.8. The molecule has 3 rings (SSSR count). The van der Waals surface area contributed by atoms with E-state index in [-0.39, 0.29) is 12.1 Å². The fraction of sp³-hybridized carbons (Fsp3) is 0.333. The molecule has 2 N–H and O–H groups in total. The van der Waals surface area contributed by atoms with Crippen LogP contribution in [-0.2, 0) is 4.79 Å². The minimum absolute atomic E-state index is 0.282. The van der Waals surface area contributed by atoms with Crippen LogP contribution in [0.3, 0.4) is 0 Å². The van der Waals surface area contributed by atoms with Crippen LogP contribution < -0.4 is 15.1 Å². The molecule has 27 heavy (non-hydrogen) atoms. The minimum atomic E-state index is -0.330. The summed E-state index contributed by atoms with van der Waals surface area (Å²) in [5.74, 6) is 1.76. The van der Waals surface area contributed by atoms with Crippen LogP contribution in [-0.4, -0.2) is 49.0 Å². The maximum absolute atomic E-state index is 11.9. The number of nitrogens with zero attached hydrogens (tertiary/aromatic N) is 3. The van der Waals surface area contributed by atoms with E-state index < -0.39 is 0 Å². The maximum atomic E-state index is 11.9. The molecule has 3 aromatic rings. The molecule has 142 valence electrons. The zero-order chi connectivity index (χ0) is 19.4. The highest BCUT2D eigenvalue weighted by Crippen LogP contribution is 2.25. The standard InChI is InChI=1S/C21H27N5O/c1-15(2)23-19-10-7-11-22-21(19)26(4)17(14-27)13-25(3)20-12-16-8-5-6-9-18(16)24-20/h5-12,14-15,17,23-24H,13H2,1-4H3. The third kappa shape index (κ3) is 4.22. The average molecular weight is 365 g/mol. The number of fused-ring (bicyclic) bond motifs is 1. The van der Waals surface area contributed by atoms with Crippen LogP contribution in [0.1, 0.15) is 13.8 Å². The fourth-order valence-electron chi connectivity index (χ4n) is 3.16. The summed E-state index contributed by atoms with van der Waals surface area (Å²) >= 11 is 0. The Morgan fingerprint density at radius 3 is 2.67 bits per heavy atom. The SMILES string of the molecule is CC(C)Nc1cccnc1N(C)C(C=O)CN(C)c1cc2ccccc2[nH]1. The number of aldehydes is 1. The van der Waals surface area contributed by atoms with Gasteiger partial charge in [-0.3, -0.25) is 0 Å². The van der Waals surface area contributed by atoms with E-state index in [1.165, 1.54) is 0 Å². The first-order valence-electron chi connectivity index (χ1n) is 9.18. The number of rotatable bonds is 8. The molecule has 0 aliphatic heterocycles. The third-order valence-electron chi connectivity index (χ3n) is 4.61. The van der Waals surface area contributed by atoms with Crippen molar-refractivity contribution in [2.75, 3.05) is 35.8 Å². The Labute approximate surface area is 160 Å². The van der Waals surface area contributed by atoms with Crippen LogP contribution in [0.15, 0.2) is 48.7 Å². The number of carbonyl (C=O) groups is 1. The zero-order valence-electron chi connectivity index (χ0n) is 16.3. The number of para-hydroxylation sites is 1. The predicted octanol–water partition coefficient (Wildman–Crippen LogP) is 3.52. The largest absolute Gasteiger partial charge is 0.380 e. The first-order valence-corrected chi connectivity index (χ1v) is 9.18. The van der Waals surface area contributed by atoms with E-state index >= 15 is 0 Å². The van der Waals surface area contributed by atoms with E-state index in [0.29, 0.717) is 6.54 Å². The second-order valence-corrected chi connectivity index (χ2v) is 7.11. The monoisotopic (exact) mass is 365 g/mol. The van der Waals surface area contributed by atoms with Gasteiger partial charge in [-0.05, 0) is 38.1 Å². The Morgan fingerprint density at radius 2 is 1.96 bits per heavy atom. The molecule has 0 radical (unpaired) electrons. The molecule has 1 atom stereocenters. The van der Waals surface area contributed by atoms with Crippen molar-refractivity contribution in [1.82, 2.24) is 9.97 Å². The molecule has 0 spiro atoms. The topological polar surface area (TPSA) is 64.3 Å². The van der Waals surface area contributed by atoms with E-state index in [4.69, 9.17) is 0 Å². The van der Waals surface area contributed by atoms with E-state index in [2.05, 4.69) is 46.2 Å². The molecule has 2 heterocycles. The van der Waals surface area contributed by atoms with Crippen LogP contribution in [0.4, 0.5) is 17.3 Å². The predicted molar refractivity (Wildman–Crippen MR) is 113 cm³/mol. The van der Waals surface area contributed by atoms with E-state index in [9.17, 15) is 4.79 Å². The second kappa shape index (κ2) is 8.12. The van der Waals surface area contributed by atoms with Gasteiger partial charge in [0.25, 0.3) is 0 Å². The lowest BCUT2D eigenvalue weighted by molar-refractivity contribution is -0.108. The van der Waals surface area contributed by atoms with Crippen LogP contribution in [0.5, 0.6) is 0 Å². The van der Waals surface area contributed by atoms with Crippen LogP contribution in [0, 0.1) is 0 Å². The number of aromatic amines is 1. The Morgan fingerprint density at radius 1 is 1.19 bits per heavy atom. The van der Waals surface area contributed by atoms with Gasteiger partial charge in [0.05, 0.1) is 5.69 Å². The van der Waals surface area contributed by atoms with Crippen molar-refractivity contribution < 1.29 is 4.79 Å². The Hall–Kier alpha value is -3.02. The van der Waals surface area contributed by atoms with Crippen molar-refractivity contribution in [1.29, 1.82) is 0 Å². The molecule has 0 amide bonds. The van der Waals surface area contributed by atoms with Crippen molar-refractivity contribution in [2.24, 2.45) is 0 Å². The lowest BCUT2D eigenvalue weighted by atomic mass is 10.2. The zero-order valence-corrected chi connectivity index (χ0v) is 16.3. The number of nitrogens with one attached hydrogen (secondary N) is 2. The van der Waals surface area contributed by atoms with Gasteiger partial charge in [-0.1, -0.05) is 18.2 Å². The molecule has 2 aromatic heterocycles. The molecule has 0 aliphatic rings. The van der Waals surface area contributed by atoms with E-state index in [0.717, 1.165) is 34.5 Å². The highest BCUT2D eigenvalue weighted by molar-refractivity contribution is 5.84. The van der Waals surface area contributed by atoms with Gasteiger partial charge in [0.1, 0.15) is 18.1 Å². The Balaban J connectivity index is 1.79. The highest BCUT2D eigenvalue weighted by atomic mass is 16.1. The first kappa shape index (κ1) is 18.8.